The molecule has 0 saturated heterocycles. The molecule has 0 aliphatic heterocycles. The van der Waals surface area contributed by atoms with E-state index in [-0.39, 0.29) is 6.54 Å². The van der Waals surface area contributed by atoms with Gasteiger partial charge in [0, 0.05) is 18.1 Å². The van der Waals surface area contributed by atoms with Crippen LogP contribution in [0.1, 0.15) is 5.56 Å². The lowest BCUT2D eigenvalue weighted by atomic mass is 10.2. The first-order valence-electron chi connectivity index (χ1n) is 4.55. The van der Waals surface area contributed by atoms with Crippen LogP contribution in [0.3, 0.4) is 0 Å². The summed E-state index contributed by atoms with van der Waals surface area (Å²) in [4.78, 5) is 0. The van der Waals surface area contributed by atoms with Crippen molar-refractivity contribution < 1.29 is 4.39 Å². The second-order valence-corrected chi connectivity index (χ2v) is 3.71. The Morgan fingerprint density at radius 1 is 1.33 bits per heavy atom. The Labute approximate surface area is 98.8 Å². The first-order chi connectivity index (χ1) is 7.24. The molecule has 0 aromatic heterocycles. The van der Waals surface area contributed by atoms with Crippen molar-refractivity contribution in [1.29, 1.82) is 0 Å². The van der Waals surface area contributed by atoms with Crippen molar-refractivity contribution in [3.63, 3.8) is 0 Å². The molecule has 0 aliphatic carbocycles. The van der Waals surface area contributed by atoms with Crippen molar-refractivity contribution in [1.82, 2.24) is 10.6 Å². The van der Waals surface area contributed by atoms with Crippen LogP contribution in [0.25, 0.3) is 0 Å². The fourth-order valence-corrected chi connectivity index (χ4v) is 1.42. The highest BCUT2D eigenvalue weighted by molar-refractivity contribution is 7.80. The zero-order chi connectivity index (χ0) is 11.1. The van der Waals surface area contributed by atoms with Gasteiger partial charge in [0.2, 0.25) is 0 Å². The van der Waals surface area contributed by atoms with Gasteiger partial charge in [0.05, 0.1) is 0 Å². The molecule has 0 amide bonds. The summed E-state index contributed by atoms with van der Waals surface area (Å²) in [7, 11) is 0. The zero-order valence-corrected chi connectivity index (χ0v) is 9.67. The van der Waals surface area contributed by atoms with Gasteiger partial charge in [-0.2, -0.15) is 0 Å². The van der Waals surface area contributed by atoms with Gasteiger partial charge in [-0.1, -0.05) is 29.8 Å². The van der Waals surface area contributed by atoms with Gasteiger partial charge in [0.25, 0.3) is 0 Å². The van der Waals surface area contributed by atoms with Crippen molar-refractivity contribution in [2.24, 2.45) is 0 Å². The minimum absolute atomic E-state index is 0.231. The molecule has 0 saturated carbocycles. The number of rotatable bonds is 4. The molecule has 0 radical (unpaired) electrons. The predicted molar refractivity (Wildman–Crippen MR) is 64.9 cm³/mol. The zero-order valence-electron chi connectivity index (χ0n) is 8.09. The van der Waals surface area contributed by atoms with Crippen molar-refractivity contribution in [2.45, 2.75) is 6.54 Å². The standard InChI is InChI=1S/C10H12ClFN2S/c11-9-4-2-1-3-8(9)7-14-10(15)13-6-5-12/h1-4H,5-7H2,(H2,13,14,15). The van der Waals surface area contributed by atoms with Crippen LogP contribution in [0.2, 0.25) is 5.02 Å². The predicted octanol–water partition coefficient (Wildman–Crippen LogP) is 2.27. The van der Waals surface area contributed by atoms with Crippen LogP contribution in [0, 0.1) is 0 Å². The van der Waals surface area contributed by atoms with Gasteiger partial charge < -0.3 is 10.6 Å². The Balaban J connectivity index is 2.37. The Hall–Kier alpha value is -0.870. The number of benzene rings is 1. The van der Waals surface area contributed by atoms with Crippen LogP contribution in [0.5, 0.6) is 0 Å². The normalized spacial score (nSPS) is 9.73. The van der Waals surface area contributed by atoms with E-state index in [0.29, 0.717) is 16.7 Å². The third-order valence-electron chi connectivity index (χ3n) is 1.78. The third kappa shape index (κ3) is 4.44. The van der Waals surface area contributed by atoms with Gasteiger partial charge in [-0.15, -0.1) is 0 Å². The maximum Gasteiger partial charge on any atom is 0.166 e. The molecule has 0 fully saturated rings. The van der Waals surface area contributed by atoms with E-state index in [9.17, 15) is 4.39 Å². The van der Waals surface area contributed by atoms with E-state index in [1.54, 1.807) is 0 Å². The molecule has 0 bridgehead atoms. The number of thiocarbonyl (C=S) groups is 1. The van der Waals surface area contributed by atoms with E-state index in [2.05, 4.69) is 10.6 Å². The second kappa shape index (κ2) is 6.58. The van der Waals surface area contributed by atoms with Gasteiger partial charge in [-0.05, 0) is 23.8 Å². The van der Waals surface area contributed by atoms with E-state index in [4.69, 9.17) is 23.8 Å². The molecule has 15 heavy (non-hydrogen) atoms. The van der Waals surface area contributed by atoms with Gasteiger partial charge in [0.15, 0.2) is 5.11 Å². The summed E-state index contributed by atoms with van der Waals surface area (Å²) < 4.78 is 11.8. The summed E-state index contributed by atoms with van der Waals surface area (Å²) in [6.45, 7) is 0.333. The monoisotopic (exact) mass is 246 g/mol. The maximum absolute atomic E-state index is 11.8. The third-order valence-corrected chi connectivity index (χ3v) is 2.43. The minimum Gasteiger partial charge on any atom is -0.360 e. The highest BCUT2D eigenvalue weighted by atomic mass is 35.5. The number of nitrogens with one attached hydrogen (secondary N) is 2. The summed E-state index contributed by atoms with van der Waals surface area (Å²) in [6, 6.07) is 7.50. The average Bonchev–Trinajstić information content (AvgIpc) is 2.25. The molecule has 1 aromatic carbocycles. The smallest absolute Gasteiger partial charge is 0.166 e. The summed E-state index contributed by atoms with van der Waals surface area (Å²) in [5.74, 6) is 0. The molecule has 0 unspecified atom stereocenters. The Kier molecular flexibility index (Phi) is 5.36. The average molecular weight is 247 g/mol. The Bertz CT molecular complexity index is 333. The second-order valence-electron chi connectivity index (χ2n) is 2.89. The van der Waals surface area contributed by atoms with E-state index >= 15 is 0 Å². The number of halogens is 2. The van der Waals surface area contributed by atoms with E-state index in [1.807, 2.05) is 24.3 Å². The van der Waals surface area contributed by atoms with Crippen molar-refractivity contribution in [2.75, 3.05) is 13.2 Å². The lowest BCUT2D eigenvalue weighted by Crippen LogP contribution is -2.35. The lowest BCUT2D eigenvalue weighted by Gasteiger charge is -2.09. The number of alkyl halides is 1. The highest BCUT2D eigenvalue weighted by Gasteiger charge is 1.99. The van der Waals surface area contributed by atoms with E-state index in [1.165, 1.54) is 0 Å². The van der Waals surface area contributed by atoms with Gasteiger partial charge in [0.1, 0.15) is 6.67 Å². The van der Waals surface area contributed by atoms with E-state index < -0.39 is 6.67 Å². The molecule has 5 heteroatoms. The van der Waals surface area contributed by atoms with Crippen LogP contribution in [-0.4, -0.2) is 18.3 Å². The van der Waals surface area contributed by atoms with Crippen LogP contribution in [0.15, 0.2) is 24.3 Å². The lowest BCUT2D eigenvalue weighted by molar-refractivity contribution is 0.490. The Morgan fingerprint density at radius 3 is 2.73 bits per heavy atom. The molecule has 1 rings (SSSR count). The van der Waals surface area contributed by atoms with Crippen molar-refractivity contribution in [3.05, 3.63) is 34.9 Å². The molecule has 2 nitrogen and oxygen atoms in total. The summed E-state index contributed by atoms with van der Waals surface area (Å²) in [5.41, 5.74) is 0.962. The molecule has 0 atom stereocenters. The molecular weight excluding hydrogens is 235 g/mol. The van der Waals surface area contributed by atoms with Gasteiger partial charge in [-0.3, -0.25) is 0 Å². The van der Waals surface area contributed by atoms with Crippen LogP contribution in [0.4, 0.5) is 4.39 Å². The highest BCUT2D eigenvalue weighted by Crippen LogP contribution is 2.13. The maximum atomic E-state index is 11.8. The molecule has 0 aliphatic rings. The minimum atomic E-state index is -0.437. The van der Waals surface area contributed by atoms with Gasteiger partial charge in [-0.25, -0.2) is 4.39 Å². The first-order valence-corrected chi connectivity index (χ1v) is 5.33. The van der Waals surface area contributed by atoms with Crippen LogP contribution in [-0.2, 0) is 6.54 Å². The molecule has 82 valence electrons. The first kappa shape index (κ1) is 12.2. The van der Waals surface area contributed by atoms with Crippen molar-refractivity contribution in [3.8, 4) is 0 Å². The largest absolute Gasteiger partial charge is 0.360 e. The topological polar surface area (TPSA) is 24.1 Å². The summed E-state index contributed by atoms with van der Waals surface area (Å²) >= 11 is 10.9. The quantitative estimate of drug-likeness (QED) is 0.797. The molecule has 2 N–H and O–H groups in total. The summed E-state index contributed by atoms with van der Waals surface area (Å²) in [5, 5.41) is 6.80. The van der Waals surface area contributed by atoms with Crippen LogP contribution < -0.4 is 10.6 Å². The number of hydrogen-bond acceptors (Lipinski definition) is 1. The van der Waals surface area contributed by atoms with E-state index in [0.717, 1.165) is 5.56 Å². The molecular formula is C10H12ClFN2S. The molecule has 0 heterocycles. The molecule has 1 aromatic rings. The summed E-state index contributed by atoms with van der Waals surface area (Å²) in [6.07, 6.45) is 0. The molecule has 0 spiro atoms. The fraction of sp³-hybridized carbons (Fsp3) is 0.300. The van der Waals surface area contributed by atoms with Crippen molar-refractivity contribution >= 4 is 28.9 Å². The SMILES string of the molecule is FCCNC(=S)NCc1ccccc1Cl. The van der Waals surface area contributed by atoms with Crippen LogP contribution >= 0.6 is 23.8 Å². The van der Waals surface area contributed by atoms with Gasteiger partial charge >= 0.3 is 0 Å². The number of hydrogen-bond donors (Lipinski definition) is 2. The Morgan fingerprint density at radius 2 is 2.07 bits per heavy atom. The fourth-order valence-electron chi connectivity index (χ4n) is 1.04.